The molecule has 0 heterocycles. The Morgan fingerprint density at radius 3 is 1.75 bits per heavy atom. The second-order valence-corrected chi connectivity index (χ2v) is 0.316. The fourth-order valence-corrected chi connectivity index (χ4v) is 0. The molecule has 0 aliphatic heterocycles. The summed E-state index contributed by atoms with van der Waals surface area (Å²) < 4.78 is 7.26. The van der Waals surface area contributed by atoms with Crippen LogP contribution in [0.15, 0.2) is 0 Å². The molecular formula is H4ClNOS. The van der Waals surface area contributed by atoms with E-state index in [-0.39, 0.29) is 24.6 Å². The summed E-state index contributed by atoms with van der Waals surface area (Å²) in [5.41, 5.74) is 0. The fraction of sp³-hybridized carbons (Fsp3) is 0. The first-order valence-corrected chi connectivity index (χ1v) is 1.25. The van der Waals surface area contributed by atoms with Crippen LogP contribution in [0.25, 0.3) is 0 Å². The van der Waals surface area contributed by atoms with E-state index in [1.165, 1.54) is 0 Å². The maximum Gasteiger partial charge on any atom is 0.0729 e. The predicted molar refractivity (Wildman–Crippen MR) is 21.7 cm³/mol. The van der Waals surface area contributed by atoms with Crippen LogP contribution in [0.1, 0.15) is 0 Å². The SMILES string of the molecule is Cl.NSO. The highest BCUT2D eigenvalue weighted by Crippen LogP contribution is 1.57. The summed E-state index contributed by atoms with van der Waals surface area (Å²) in [5.74, 6) is 0. The largest absolute Gasteiger partial charge is 0.317 e. The van der Waals surface area contributed by atoms with E-state index in [9.17, 15) is 0 Å². The molecule has 0 saturated heterocycles. The van der Waals surface area contributed by atoms with Gasteiger partial charge >= 0.3 is 0 Å². The third kappa shape index (κ3) is 19.9. The lowest BCUT2D eigenvalue weighted by Gasteiger charge is -1.53. The van der Waals surface area contributed by atoms with Crippen molar-refractivity contribution >= 4 is 24.6 Å². The molecule has 0 radical (unpaired) electrons. The van der Waals surface area contributed by atoms with Crippen LogP contribution in [-0.2, 0) is 0 Å². The molecule has 0 unspecified atom stereocenters. The topological polar surface area (TPSA) is 46.2 Å². The maximum absolute atomic E-state index is 7.26. The molecule has 2 nitrogen and oxygen atoms in total. The first-order chi connectivity index (χ1) is 1.41. The van der Waals surface area contributed by atoms with Gasteiger partial charge in [-0.25, -0.2) is 0 Å². The van der Waals surface area contributed by atoms with Gasteiger partial charge in [-0.3, -0.25) is 5.14 Å². The van der Waals surface area contributed by atoms with Gasteiger partial charge in [-0.15, -0.1) is 12.4 Å². The zero-order chi connectivity index (χ0) is 2.71. The summed E-state index contributed by atoms with van der Waals surface area (Å²) in [7, 11) is 0. The summed E-state index contributed by atoms with van der Waals surface area (Å²) in [6, 6.07) is 0. The second kappa shape index (κ2) is 9.59. The van der Waals surface area contributed by atoms with Crippen LogP contribution < -0.4 is 5.14 Å². The highest BCUT2D eigenvalue weighted by atomic mass is 35.5. The quantitative estimate of drug-likeness (QED) is 0.345. The molecule has 3 N–H and O–H groups in total. The van der Waals surface area contributed by atoms with E-state index in [0.717, 1.165) is 0 Å². The van der Waals surface area contributed by atoms with Crippen LogP contribution >= 0.6 is 24.6 Å². The lowest BCUT2D eigenvalue weighted by molar-refractivity contribution is 0.665. The molecule has 0 rings (SSSR count). The lowest BCUT2D eigenvalue weighted by atomic mass is 14.0. The molecule has 0 spiro atoms. The summed E-state index contributed by atoms with van der Waals surface area (Å²) in [6.45, 7) is 0. The second-order valence-electron chi connectivity index (χ2n) is 0.105. The van der Waals surface area contributed by atoms with Crippen molar-refractivity contribution in [2.45, 2.75) is 0 Å². The van der Waals surface area contributed by atoms with Gasteiger partial charge in [0.05, 0.1) is 12.2 Å². The van der Waals surface area contributed by atoms with Crippen molar-refractivity contribution in [2.24, 2.45) is 5.14 Å². The third-order valence-corrected chi connectivity index (χ3v) is 0. The Morgan fingerprint density at radius 2 is 1.75 bits per heavy atom. The third-order valence-electron chi connectivity index (χ3n) is 0. The number of rotatable bonds is 0. The maximum atomic E-state index is 7.26. The molecule has 4 heteroatoms. The highest BCUT2D eigenvalue weighted by Gasteiger charge is 1.32. The summed E-state index contributed by atoms with van der Waals surface area (Å²) in [6.07, 6.45) is 0. The van der Waals surface area contributed by atoms with Crippen LogP contribution in [0.3, 0.4) is 0 Å². The van der Waals surface area contributed by atoms with Crippen LogP contribution in [0.5, 0.6) is 0 Å². The molecular weight excluding hydrogens is 97.5 g/mol. The molecule has 0 aromatic heterocycles. The molecule has 4 heavy (non-hydrogen) atoms. The summed E-state index contributed by atoms with van der Waals surface area (Å²) >= 11 is 0.250. The van der Waals surface area contributed by atoms with E-state index >= 15 is 0 Å². The molecule has 0 fully saturated rings. The van der Waals surface area contributed by atoms with E-state index in [2.05, 4.69) is 5.14 Å². The van der Waals surface area contributed by atoms with Gasteiger partial charge in [0.1, 0.15) is 0 Å². The highest BCUT2D eigenvalue weighted by molar-refractivity contribution is 7.91. The van der Waals surface area contributed by atoms with Crippen molar-refractivity contribution in [1.82, 2.24) is 0 Å². The Kier molecular flexibility index (Phi) is 21.1. The fourth-order valence-electron chi connectivity index (χ4n) is 0. The summed E-state index contributed by atoms with van der Waals surface area (Å²) in [4.78, 5) is 0. The minimum absolute atomic E-state index is 0. The van der Waals surface area contributed by atoms with Crippen molar-refractivity contribution in [3.63, 3.8) is 0 Å². The lowest BCUT2D eigenvalue weighted by Crippen LogP contribution is -1.65. The average Bonchev–Trinajstić information content (AvgIpc) is 0.918. The first kappa shape index (κ1) is 8.82. The average molecular weight is 102 g/mol. The van der Waals surface area contributed by atoms with E-state index < -0.39 is 0 Å². The first-order valence-electron chi connectivity index (χ1n) is 0.418. The molecule has 0 aliphatic carbocycles. The Morgan fingerprint density at radius 1 is 1.75 bits per heavy atom. The van der Waals surface area contributed by atoms with E-state index in [1.54, 1.807) is 0 Å². The zero-order valence-corrected chi connectivity index (χ0v) is 3.47. The van der Waals surface area contributed by atoms with Gasteiger partial charge in [0.25, 0.3) is 0 Å². The van der Waals surface area contributed by atoms with Gasteiger partial charge in [-0.2, -0.15) is 0 Å². The van der Waals surface area contributed by atoms with E-state index in [4.69, 9.17) is 4.55 Å². The normalized spacial score (nSPS) is 4.50. The number of hydrogen-bond donors (Lipinski definition) is 2. The predicted octanol–water partition coefficient (Wildman–Crippen LogP) is 0.488. The minimum Gasteiger partial charge on any atom is -0.317 e. The smallest absolute Gasteiger partial charge is 0.0729 e. The van der Waals surface area contributed by atoms with Crippen molar-refractivity contribution in [1.29, 1.82) is 0 Å². The molecule has 0 amide bonds. The van der Waals surface area contributed by atoms with Gasteiger partial charge in [-0.05, 0) is 0 Å². The van der Waals surface area contributed by atoms with Crippen molar-refractivity contribution in [3.8, 4) is 0 Å². The Bertz CT molecular complexity index is 8.00. The van der Waals surface area contributed by atoms with Crippen molar-refractivity contribution in [2.75, 3.05) is 0 Å². The Balaban J connectivity index is 0. The minimum atomic E-state index is 0. The Hall–Kier alpha value is 0.560. The molecule has 28 valence electrons. The monoisotopic (exact) mass is 101 g/mol. The van der Waals surface area contributed by atoms with Crippen LogP contribution in [0.2, 0.25) is 0 Å². The van der Waals surface area contributed by atoms with Crippen LogP contribution in [-0.4, -0.2) is 4.55 Å². The van der Waals surface area contributed by atoms with Gasteiger partial charge in [0.2, 0.25) is 0 Å². The van der Waals surface area contributed by atoms with Gasteiger partial charge in [0.15, 0.2) is 0 Å². The van der Waals surface area contributed by atoms with Crippen molar-refractivity contribution < 1.29 is 4.55 Å². The summed E-state index contributed by atoms with van der Waals surface area (Å²) in [5, 5.41) is 4.32. The molecule has 0 saturated carbocycles. The van der Waals surface area contributed by atoms with Gasteiger partial charge in [0, 0.05) is 0 Å². The molecule has 0 aromatic carbocycles. The van der Waals surface area contributed by atoms with Crippen molar-refractivity contribution in [3.05, 3.63) is 0 Å². The van der Waals surface area contributed by atoms with E-state index in [1.807, 2.05) is 0 Å². The zero-order valence-electron chi connectivity index (χ0n) is 1.84. The molecule has 0 aromatic rings. The number of nitrogens with two attached hydrogens (primary N) is 1. The van der Waals surface area contributed by atoms with E-state index in [0.29, 0.717) is 0 Å². The Labute approximate surface area is 35.1 Å². The molecule has 0 aliphatic rings. The van der Waals surface area contributed by atoms with Crippen LogP contribution in [0.4, 0.5) is 0 Å². The van der Waals surface area contributed by atoms with Crippen LogP contribution in [0, 0.1) is 0 Å². The van der Waals surface area contributed by atoms with Gasteiger partial charge in [-0.1, -0.05) is 0 Å². The molecule has 0 atom stereocenters. The molecule has 0 bridgehead atoms. The number of halogens is 1. The standard InChI is InChI=1S/ClH.H3NOS/c;1-3-2/h1H;2H,1H2. The number of hydrogen-bond acceptors (Lipinski definition) is 3. The van der Waals surface area contributed by atoms with Gasteiger partial charge < -0.3 is 4.55 Å².